The van der Waals surface area contributed by atoms with Gasteiger partial charge in [-0.1, -0.05) is 0 Å². The smallest absolute Gasteiger partial charge is 0.338 e. The third kappa shape index (κ3) is 4.07. The van der Waals surface area contributed by atoms with Gasteiger partial charge < -0.3 is 19.5 Å². The molecular formula is C18H14N2O5S. The molecule has 1 N–H and O–H groups in total. The number of carbonyl (C=O) groups excluding carboxylic acids is 2. The van der Waals surface area contributed by atoms with Crippen molar-refractivity contribution in [3.8, 4) is 16.9 Å². The number of ether oxygens (including phenoxy) is 3. The van der Waals surface area contributed by atoms with Crippen LogP contribution in [0.25, 0.3) is 0 Å². The number of esters is 1. The number of benzene rings is 2. The highest BCUT2D eigenvalue weighted by Gasteiger charge is 2.17. The topological polar surface area (TPSA) is 97.7 Å². The average molecular weight is 370 g/mol. The maximum atomic E-state index is 12.1. The van der Waals surface area contributed by atoms with Crippen LogP contribution in [0.4, 0.5) is 5.69 Å². The Morgan fingerprint density at radius 3 is 2.81 bits per heavy atom. The van der Waals surface area contributed by atoms with Crippen molar-refractivity contribution in [1.82, 2.24) is 0 Å². The van der Waals surface area contributed by atoms with E-state index >= 15 is 0 Å². The van der Waals surface area contributed by atoms with E-state index in [0.717, 1.165) is 22.2 Å². The van der Waals surface area contributed by atoms with Crippen LogP contribution in [0, 0.1) is 17.6 Å². The number of aryl methyl sites for hydroxylation is 1. The van der Waals surface area contributed by atoms with Crippen LogP contribution in [0.15, 0.2) is 41.3 Å². The number of nitrogens with zero attached hydrogens (tertiary/aromatic N) is 1. The van der Waals surface area contributed by atoms with Gasteiger partial charge in [-0.3, -0.25) is 4.79 Å². The molecule has 2 aromatic rings. The molecule has 3 rings (SSSR count). The lowest BCUT2D eigenvalue weighted by Gasteiger charge is -2.10. The molecule has 0 unspecified atom stereocenters. The van der Waals surface area contributed by atoms with Crippen LogP contribution in [0.1, 0.15) is 15.9 Å². The summed E-state index contributed by atoms with van der Waals surface area (Å²) in [7, 11) is 0. The van der Waals surface area contributed by atoms with Crippen molar-refractivity contribution in [2.24, 2.45) is 0 Å². The molecule has 1 aliphatic heterocycles. The minimum absolute atomic E-state index is 0.112. The molecule has 7 nitrogen and oxygen atoms in total. The van der Waals surface area contributed by atoms with Crippen molar-refractivity contribution in [2.75, 3.05) is 18.7 Å². The van der Waals surface area contributed by atoms with Crippen molar-refractivity contribution in [2.45, 2.75) is 11.8 Å². The number of nitriles is 1. The number of thiocyanates is 1. The Balaban J connectivity index is 1.55. The minimum Gasteiger partial charge on any atom is -0.454 e. The molecule has 132 valence electrons. The maximum absolute atomic E-state index is 12.1. The molecule has 0 fully saturated rings. The van der Waals surface area contributed by atoms with E-state index in [1.807, 2.05) is 12.3 Å². The van der Waals surface area contributed by atoms with E-state index in [1.165, 1.54) is 6.07 Å². The van der Waals surface area contributed by atoms with Gasteiger partial charge >= 0.3 is 5.97 Å². The Morgan fingerprint density at radius 1 is 1.23 bits per heavy atom. The molecule has 1 heterocycles. The number of carbonyl (C=O) groups is 2. The number of hydrogen-bond donors (Lipinski definition) is 1. The van der Waals surface area contributed by atoms with E-state index in [-0.39, 0.29) is 12.4 Å². The molecule has 0 radical (unpaired) electrons. The maximum Gasteiger partial charge on any atom is 0.338 e. The molecule has 0 atom stereocenters. The van der Waals surface area contributed by atoms with Crippen LogP contribution in [0.5, 0.6) is 11.5 Å². The summed E-state index contributed by atoms with van der Waals surface area (Å²) < 4.78 is 15.4. The molecule has 26 heavy (non-hydrogen) atoms. The first-order valence-corrected chi connectivity index (χ1v) is 8.41. The van der Waals surface area contributed by atoms with Crippen LogP contribution in [0.3, 0.4) is 0 Å². The number of nitrogens with one attached hydrogen (secondary N) is 1. The van der Waals surface area contributed by atoms with Gasteiger partial charge in [-0.2, -0.15) is 5.26 Å². The van der Waals surface area contributed by atoms with Gasteiger partial charge in [0.25, 0.3) is 5.91 Å². The molecule has 0 aliphatic carbocycles. The van der Waals surface area contributed by atoms with E-state index in [9.17, 15) is 9.59 Å². The molecule has 8 heteroatoms. The Kier molecular flexibility index (Phi) is 5.29. The van der Waals surface area contributed by atoms with Crippen molar-refractivity contribution in [3.05, 3.63) is 47.5 Å². The van der Waals surface area contributed by atoms with Gasteiger partial charge in [-0.25, -0.2) is 4.79 Å². The quantitative estimate of drug-likeness (QED) is 0.491. The van der Waals surface area contributed by atoms with Gasteiger partial charge in [0.2, 0.25) is 6.79 Å². The number of fused-ring (bicyclic) bond motifs is 1. The lowest BCUT2D eigenvalue weighted by molar-refractivity contribution is -0.119. The highest BCUT2D eigenvalue weighted by molar-refractivity contribution is 8.03. The molecule has 0 bridgehead atoms. The predicted octanol–water partition coefficient (Wildman–Crippen LogP) is 3.09. The van der Waals surface area contributed by atoms with Crippen LogP contribution >= 0.6 is 11.8 Å². The number of hydrogen-bond acceptors (Lipinski definition) is 7. The second-order valence-corrected chi connectivity index (χ2v) is 6.22. The molecule has 1 aliphatic rings. The van der Waals surface area contributed by atoms with Crippen molar-refractivity contribution in [1.29, 1.82) is 5.26 Å². The monoisotopic (exact) mass is 370 g/mol. The van der Waals surface area contributed by atoms with Crippen LogP contribution in [-0.4, -0.2) is 25.3 Å². The molecule has 0 saturated carbocycles. The first kappa shape index (κ1) is 17.6. The molecule has 1 amide bonds. The van der Waals surface area contributed by atoms with E-state index in [2.05, 4.69) is 5.32 Å². The van der Waals surface area contributed by atoms with Crippen molar-refractivity contribution in [3.63, 3.8) is 0 Å². The molecule has 2 aromatic carbocycles. The fourth-order valence-electron chi connectivity index (χ4n) is 2.32. The van der Waals surface area contributed by atoms with Crippen LogP contribution < -0.4 is 14.8 Å². The zero-order valence-electron chi connectivity index (χ0n) is 13.8. The summed E-state index contributed by atoms with van der Waals surface area (Å²) in [5.41, 5.74) is 1.67. The van der Waals surface area contributed by atoms with E-state index < -0.39 is 18.5 Å². The van der Waals surface area contributed by atoms with Gasteiger partial charge in [0, 0.05) is 10.6 Å². The first-order chi connectivity index (χ1) is 12.6. The van der Waals surface area contributed by atoms with E-state index in [1.54, 1.807) is 30.3 Å². The standard InChI is InChI=1S/C18H14N2O5S/c1-11-6-13(26-9-19)3-4-14(11)20-17(21)8-23-18(22)12-2-5-15-16(7-12)25-10-24-15/h2-7H,8,10H2,1H3,(H,20,21). The van der Waals surface area contributed by atoms with Gasteiger partial charge in [-0.05, 0) is 60.6 Å². The van der Waals surface area contributed by atoms with Crippen LogP contribution in [0.2, 0.25) is 0 Å². The zero-order chi connectivity index (χ0) is 18.5. The summed E-state index contributed by atoms with van der Waals surface area (Å²) in [6, 6.07) is 9.90. The Labute approximate surface area is 153 Å². The van der Waals surface area contributed by atoms with Crippen LogP contribution in [-0.2, 0) is 9.53 Å². The molecule has 0 aromatic heterocycles. The highest BCUT2D eigenvalue weighted by atomic mass is 32.2. The predicted molar refractivity (Wildman–Crippen MR) is 94.1 cm³/mol. The normalized spacial score (nSPS) is 11.5. The Hall–Kier alpha value is -3.18. The summed E-state index contributed by atoms with van der Waals surface area (Å²) in [5.74, 6) is -0.0542. The van der Waals surface area contributed by atoms with Crippen molar-refractivity contribution >= 4 is 29.3 Å². The van der Waals surface area contributed by atoms with Gasteiger partial charge in [-0.15, -0.1) is 0 Å². The Morgan fingerprint density at radius 2 is 2.04 bits per heavy atom. The SMILES string of the molecule is Cc1cc(SC#N)ccc1NC(=O)COC(=O)c1ccc2c(c1)OCO2. The summed E-state index contributed by atoms with van der Waals surface area (Å²) in [5, 5.41) is 13.3. The highest BCUT2D eigenvalue weighted by Crippen LogP contribution is 2.32. The van der Waals surface area contributed by atoms with Gasteiger partial charge in [0.1, 0.15) is 5.40 Å². The zero-order valence-corrected chi connectivity index (χ0v) is 14.6. The second-order valence-electron chi connectivity index (χ2n) is 5.36. The molecular weight excluding hydrogens is 356 g/mol. The summed E-state index contributed by atoms with van der Waals surface area (Å²) >= 11 is 1.04. The third-order valence-corrected chi connectivity index (χ3v) is 4.16. The first-order valence-electron chi connectivity index (χ1n) is 7.60. The minimum atomic E-state index is -0.629. The largest absolute Gasteiger partial charge is 0.454 e. The third-order valence-electron chi connectivity index (χ3n) is 3.58. The summed E-state index contributed by atoms with van der Waals surface area (Å²) in [6.45, 7) is 1.51. The summed E-state index contributed by atoms with van der Waals surface area (Å²) in [4.78, 5) is 24.8. The number of anilines is 1. The molecule has 0 saturated heterocycles. The average Bonchev–Trinajstić information content (AvgIpc) is 3.10. The van der Waals surface area contributed by atoms with Gasteiger partial charge in [0.05, 0.1) is 5.56 Å². The molecule has 0 spiro atoms. The van der Waals surface area contributed by atoms with E-state index in [0.29, 0.717) is 17.2 Å². The Bertz CT molecular complexity index is 907. The lowest BCUT2D eigenvalue weighted by Crippen LogP contribution is -2.21. The summed E-state index contributed by atoms with van der Waals surface area (Å²) in [6.07, 6.45) is 0. The lowest BCUT2D eigenvalue weighted by atomic mass is 10.2. The fraction of sp³-hybridized carbons (Fsp3) is 0.167. The number of thioether (sulfide) groups is 1. The van der Waals surface area contributed by atoms with E-state index in [4.69, 9.17) is 19.5 Å². The number of amides is 1. The van der Waals surface area contributed by atoms with Gasteiger partial charge in [0.15, 0.2) is 18.1 Å². The second kappa shape index (κ2) is 7.80. The van der Waals surface area contributed by atoms with Crippen molar-refractivity contribution < 1.29 is 23.8 Å². The fourth-order valence-corrected chi connectivity index (χ4v) is 2.79. The number of rotatable bonds is 5.